The molecule has 3 amide bonds. The van der Waals surface area contributed by atoms with Crippen LogP contribution in [0.4, 0.5) is 33.2 Å². The van der Waals surface area contributed by atoms with Crippen LogP contribution in [-0.2, 0) is 27.9 Å². The largest absolute Gasteiger partial charge is 0.378 e. The van der Waals surface area contributed by atoms with Crippen molar-refractivity contribution >= 4 is 69.1 Å². The Morgan fingerprint density at radius 2 is 1.96 bits per heavy atom. The summed E-state index contributed by atoms with van der Waals surface area (Å²) in [5.41, 5.74) is 4.44. The van der Waals surface area contributed by atoms with Crippen molar-refractivity contribution < 1.29 is 18.8 Å². The summed E-state index contributed by atoms with van der Waals surface area (Å²) in [5, 5.41) is 14.7. The number of halogens is 2. The molecule has 46 heavy (non-hydrogen) atoms. The molecule has 12 nitrogen and oxygen atoms in total. The third-order valence-electron chi connectivity index (χ3n) is 8.91. The van der Waals surface area contributed by atoms with E-state index in [4.69, 9.17) is 11.6 Å². The zero-order valence-electron chi connectivity index (χ0n) is 25.2. The lowest BCUT2D eigenvalue weighted by atomic mass is 9.92. The Kier molecular flexibility index (Phi) is 7.35. The van der Waals surface area contributed by atoms with Crippen molar-refractivity contribution in [3.05, 3.63) is 70.8 Å². The summed E-state index contributed by atoms with van der Waals surface area (Å²) in [4.78, 5) is 48.6. The summed E-state index contributed by atoms with van der Waals surface area (Å²) in [7, 11) is 3.47. The van der Waals surface area contributed by atoms with Crippen molar-refractivity contribution in [2.75, 3.05) is 40.6 Å². The number of aryl methyl sites for hydroxylation is 1. The molecule has 2 atom stereocenters. The SMILES string of the molecule is C=C1CN(c2ncc(Cl)c(Nc3ccc4c(c3F)CC(=O)N4C)n2)CC[C@H]1Nc1ccc2c([C@@H]3CCC(=O)NC3=O)nn(C)c2c1. The van der Waals surface area contributed by atoms with Gasteiger partial charge in [-0.1, -0.05) is 18.2 Å². The molecular formula is C32H31ClFN9O3. The number of likely N-dealkylation sites (N-methyl/N-ethyl adjacent to an activating group) is 1. The van der Waals surface area contributed by atoms with Gasteiger partial charge in [0.1, 0.15) is 5.02 Å². The Bertz CT molecular complexity index is 1960. The molecule has 2 saturated heterocycles. The lowest BCUT2D eigenvalue weighted by Gasteiger charge is -2.35. The smallest absolute Gasteiger partial charge is 0.235 e. The van der Waals surface area contributed by atoms with E-state index < -0.39 is 11.7 Å². The van der Waals surface area contributed by atoms with Gasteiger partial charge in [0.25, 0.3) is 0 Å². The summed E-state index contributed by atoms with van der Waals surface area (Å²) in [6.45, 7) is 5.45. The maximum atomic E-state index is 15.3. The summed E-state index contributed by atoms with van der Waals surface area (Å²) in [6.07, 6.45) is 2.94. The number of aromatic nitrogens is 4. The monoisotopic (exact) mass is 643 g/mol. The molecule has 0 aliphatic carbocycles. The molecule has 0 radical (unpaired) electrons. The Balaban J connectivity index is 1.04. The van der Waals surface area contributed by atoms with Gasteiger partial charge in [-0.25, -0.2) is 9.37 Å². The van der Waals surface area contributed by atoms with Crippen LogP contribution in [0.1, 0.15) is 36.4 Å². The van der Waals surface area contributed by atoms with Crippen molar-refractivity contribution in [3.63, 3.8) is 0 Å². The number of rotatable bonds is 6. The fourth-order valence-electron chi connectivity index (χ4n) is 6.38. The second-order valence-corrected chi connectivity index (χ2v) is 12.3. The molecule has 2 aromatic carbocycles. The van der Waals surface area contributed by atoms with Crippen molar-refractivity contribution in [2.45, 2.75) is 37.6 Å². The molecule has 2 aromatic heterocycles. The zero-order chi connectivity index (χ0) is 32.3. The van der Waals surface area contributed by atoms with Crippen LogP contribution in [0.25, 0.3) is 10.9 Å². The van der Waals surface area contributed by atoms with E-state index in [0.29, 0.717) is 48.8 Å². The van der Waals surface area contributed by atoms with Crippen LogP contribution >= 0.6 is 11.6 Å². The summed E-state index contributed by atoms with van der Waals surface area (Å²) in [6, 6.07) is 9.18. The first-order valence-corrected chi connectivity index (χ1v) is 15.3. The Morgan fingerprint density at radius 3 is 2.74 bits per heavy atom. The van der Waals surface area contributed by atoms with E-state index in [1.165, 1.54) is 11.1 Å². The van der Waals surface area contributed by atoms with E-state index in [2.05, 4.69) is 37.6 Å². The molecule has 2 fully saturated rings. The van der Waals surface area contributed by atoms with E-state index in [1.54, 1.807) is 23.9 Å². The predicted molar refractivity (Wildman–Crippen MR) is 173 cm³/mol. The zero-order valence-corrected chi connectivity index (χ0v) is 26.0. The van der Waals surface area contributed by atoms with E-state index in [1.807, 2.05) is 30.1 Å². The second kappa shape index (κ2) is 11.4. The number of anilines is 5. The quantitative estimate of drug-likeness (QED) is 0.209. The number of fused-ring (bicyclic) bond motifs is 2. The van der Waals surface area contributed by atoms with Crippen molar-refractivity contribution in [1.82, 2.24) is 25.1 Å². The minimum Gasteiger partial charge on any atom is -0.378 e. The van der Waals surface area contributed by atoms with Crippen LogP contribution in [0.5, 0.6) is 0 Å². The van der Waals surface area contributed by atoms with E-state index >= 15 is 4.39 Å². The van der Waals surface area contributed by atoms with Crippen LogP contribution < -0.4 is 25.8 Å². The molecular weight excluding hydrogens is 613 g/mol. The highest BCUT2D eigenvalue weighted by molar-refractivity contribution is 6.33. The molecule has 0 spiro atoms. The maximum absolute atomic E-state index is 15.3. The van der Waals surface area contributed by atoms with Gasteiger partial charge in [-0.05, 0) is 48.7 Å². The highest BCUT2D eigenvalue weighted by Crippen LogP contribution is 2.36. The number of imide groups is 1. The van der Waals surface area contributed by atoms with Gasteiger partial charge in [0.2, 0.25) is 23.7 Å². The van der Waals surface area contributed by atoms with Crippen LogP contribution in [0.3, 0.4) is 0 Å². The van der Waals surface area contributed by atoms with Crippen LogP contribution in [0, 0.1) is 5.82 Å². The normalized spacial score (nSPS) is 19.9. The molecule has 5 heterocycles. The van der Waals surface area contributed by atoms with Gasteiger partial charge in [-0.15, -0.1) is 0 Å². The van der Waals surface area contributed by atoms with Gasteiger partial charge >= 0.3 is 0 Å². The van der Waals surface area contributed by atoms with Gasteiger partial charge in [-0.3, -0.25) is 24.4 Å². The highest BCUT2D eigenvalue weighted by Gasteiger charge is 2.32. The number of piperidine rings is 2. The van der Waals surface area contributed by atoms with Gasteiger partial charge in [0.15, 0.2) is 11.6 Å². The molecule has 0 bridgehead atoms. The first kappa shape index (κ1) is 29.7. The molecule has 0 saturated carbocycles. The van der Waals surface area contributed by atoms with Crippen molar-refractivity contribution in [3.8, 4) is 0 Å². The molecule has 4 aromatic rings. The standard InChI is InChI=1S/C32H31ClFN9O3/c1-16-15-43(32-35-14-21(33)30(39-32)37-23-7-8-24-20(28(23)34)13-27(45)41(24)2)11-10-22(16)36-17-4-5-18-25(12-17)42(3)40-29(18)19-6-9-26(44)38-31(19)46/h4-5,7-8,12,14,19,22,36H,1,6,9-11,13,15H2,2-3H3,(H,35,37,39)(H,38,44,46)/t19-,22+/m0/s1. The summed E-state index contributed by atoms with van der Waals surface area (Å²) >= 11 is 6.40. The third kappa shape index (κ3) is 5.19. The van der Waals surface area contributed by atoms with Crippen LogP contribution in [0.15, 0.2) is 48.7 Å². The predicted octanol–water partition coefficient (Wildman–Crippen LogP) is 4.19. The van der Waals surface area contributed by atoms with Gasteiger partial charge in [0.05, 0.1) is 47.2 Å². The number of carbonyl (C=O) groups excluding carboxylic acids is 3. The fourth-order valence-corrected chi connectivity index (χ4v) is 6.51. The average Bonchev–Trinajstić information content (AvgIpc) is 3.51. The highest BCUT2D eigenvalue weighted by atomic mass is 35.5. The van der Waals surface area contributed by atoms with Crippen LogP contribution in [-0.4, -0.2) is 63.6 Å². The third-order valence-corrected chi connectivity index (χ3v) is 9.19. The Labute approximate surface area is 268 Å². The number of hydrogen-bond acceptors (Lipinski definition) is 9. The molecule has 0 unspecified atom stereocenters. The number of benzene rings is 2. The number of nitrogens with one attached hydrogen (secondary N) is 3. The topological polar surface area (TPSA) is 137 Å². The van der Waals surface area contributed by atoms with E-state index in [0.717, 1.165) is 28.6 Å². The second-order valence-electron chi connectivity index (χ2n) is 11.9. The average molecular weight is 644 g/mol. The lowest BCUT2D eigenvalue weighted by molar-refractivity contribution is -0.134. The fraction of sp³-hybridized carbons (Fsp3) is 0.312. The maximum Gasteiger partial charge on any atom is 0.235 e. The molecule has 14 heteroatoms. The summed E-state index contributed by atoms with van der Waals surface area (Å²) < 4.78 is 17.1. The van der Waals surface area contributed by atoms with Crippen molar-refractivity contribution in [1.29, 1.82) is 0 Å². The van der Waals surface area contributed by atoms with Gasteiger partial charge in [-0.2, -0.15) is 10.1 Å². The molecule has 7 rings (SSSR count). The molecule has 3 aliphatic rings. The van der Waals surface area contributed by atoms with Crippen molar-refractivity contribution in [2.24, 2.45) is 7.05 Å². The molecule has 3 N–H and O–H groups in total. The first-order chi connectivity index (χ1) is 22.1. The number of hydrogen-bond donors (Lipinski definition) is 3. The number of amides is 3. The van der Waals surface area contributed by atoms with Gasteiger partial charge < -0.3 is 20.4 Å². The minimum atomic E-state index is -0.511. The number of carbonyl (C=O) groups is 3. The van der Waals surface area contributed by atoms with E-state index in [9.17, 15) is 14.4 Å². The van der Waals surface area contributed by atoms with E-state index in [-0.39, 0.29) is 46.7 Å². The summed E-state index contributed by atoms with van der Waals surface area (Å²) in [5.74, 6) is -1.01. The lowest BCUT2D eigenvalue weighted by Crippen LogP contribution is -2.41. The Morgan fingerprint density at radius 1 is 1.13 bits per heavy atom. The minimum absolute atomic E-state index is 0.000364. The first-order valence-electron chi connectivity index (χ1n) is 14.9. The van der Waals surface area contributed by atoms with Crippen LogP contribution in [0.2, 0.25) is 5.02 Å². The Hall–Kier alpha value is -5.04. The molecule has 236 valence electrons. The molecule has 3 aliphatic heterocycles. The van der Waals surface area contributed by atoms with Gasteiger partial charge in [0, 0.05) is 50.2 Å². The number of nitrogens with zero attached hydrogens (tertiary/aromatic N) is 6.